The van der Waals surface area contributed by atoms with E-state index >= 15 is 0 Å². The number of hydrogen-bond acceptors (Lipinski definition) is 7. The van der Waals surface area contributed by atoms with Gasteiger partial charge in [-0.1, -0.05) is 43.0 Å². The summed E-state index contributed by atoms with van der Waals surface area (Å²) in [4.78, 5) is 30.9. The summed E-state index contributed by atoms with van der Waals surface area (Å²) in [6.45, 7) is 10.1. The molecule has 0 aromatic heterocycles. The molecule has 2 aliphatic heterocycles. The number of amides is 1. The fourth-order valence-electron chi connectivity index (χ4n) is 5.38. The Labute approximate surface area is 258 Å². The smallest absolute Gasteiger partial charge is 0.295 e. The summed E-state index contributed by atoms with van der Waals surface area (Å²) in [7, 11) is 0. The van der Waals surface area contributed by atoms with Crippen molar-refractivity contribution in [3.05, 3.63) is 108 Å². The number of ether oxygens (including phenoxy) is 3. The minimum absolute atomic E-state index is 0. The number of para-hydroxylation sites is 1. The minimum Gasteiger partial charge on any atom is -0.507 e. The van der Waals surface area contributed by atoms with Gasteiger partial charge in [0.1, 0.15) is 29.6 Å². The Morgan fingerprint density at radius 2 is 1.74 bits per heavy atom. The van der Waals surface area contributed by atoms with Gasteiger partial charge in [-0.2, -0.15) is 0 Å². The van der Waals surface area contributed by atoms with Crippen LogP contribution in [0.1, 0.15) is 29.2 Å². The minimum atomic E-state index is -0.772. The lowest BCUT2D eigenvalue weighted by Crippen LogP contribution is -2.38. The van der Waals surface area contributed by atoms with E-state index in [1.165, 1.54) is 0 Å². The number of likely N-dealkylation sites (tertiary alicyclic amines) is 1. The lowest BCUT2D eigenvalue weighted by molar-refractivity contribution is -0.140. The van der Waals surface area contributed by atoms with Crippen LogP contribution in [0.15, 0.2) is 91.0 Å². The third-order valence-corrected chi connectivity index (χ3v) is 7.47. The number of nitrogens with zero attached hydrogens (tertiary/aromatic N) is 2. The molecule has 2 aliphatic rings. The molecule has 2 fully saturated rings. The zero-order valence-corrected chi connectivity index (χ0v) is 25.1. The van der Waals surface area contributed by atoms with Crippen molar-refractivity contribution >= 4 is 29.9 Å². The molecule has 0 radical (unpaired) electrons. The van der Waals surface area contributed by atoms with Gasteiger partial charge in [-0.15, -0.1) is 12.4 Å². The van der Waals surface area contributed by atoms with Gasteiger partial charge in [0.2, 0.25) is 0 Å². The van der Waals surface area contributed by atoms with E-state index in [1.54, 1.807) is 29.2 Å². The van der Waals surface area contributed by atoms with Crippen molar-refractivity contribution in [3.63, 3.8) is 0 Å². The molecule has 3 aromatic carbocycles. The molecule has 2 heterocycles. The summed E-state index contributed by atoms with van der Waals surface area (Å²) in [5, 5.41) is 11.6. The van der Waals surface area contributed by atoms with Crippen molar-refractivity contribution in [2.75, 3.05) is 46.0 Å². The Hall–Kier alpha value is -4.11. The summed E-state index contributed by atoms with van der Waals surface area (Å²) >= 11 is 0. The zero-order valence-electron chi connectivity index (χ0n) is 24.2. The molecular formula is C34H37ClN2O6. The number of halogens is 1. The van der Waals surface area contributed by atoms with Crippen LogP contribution in [0.4, 0.5) is 0 Å². The Morgan fingerprint density at radius 3 is 2.47 bits per heavy atom. The number of carbonyl (C=O) groups is 2. The van der Waals surface area contributed by atoms with Gasteiger partial charge in [-0.3, -0.25) is 14.5 Å². The number of ketones is 1. The van der Waals surface area contributed by atoms with Gasteiger partial charge in [-0.25, -0.2) is 0 Å². The maximum absolute atomic E-state index is 13.5. The number of carbonyl (C=O) groups excluding carboxylic acids is 2. The standard InChI is InChI=1S/C34H36N2O6.ClH/c1-3-19-41-29-14-13-26(22-24(29)2)32(37)30-31(25-9-7-12-28(23-25)42-27-10-5-4-6-11-27)36(34(39)33(30)38)16-8-15-35-17-20-40-21-18-35;/h3-7,9-14,22-23,31,37H,1,8,15-21H2,2H3;1H/b32-30+;. The van der Waals surface area contributed by atoms with Crippen molar-refractivity contribution in [1.29, 1.82) is 0 Å². The molecule has 0 spiro atoms. The molecule has 0 saturated carbocycles. The largest absolute Gasteiger partial charge is 0.507 e. The van der Waals surface area contributed by atoms with E-state index < -0.39 is 17.7 Å². The van der Waals surface area contributed by atoms with Gasteiger partial charge < -0.3 is 24.2 Å². The first kappa shape index (κ1) is 31.8. The number of rotatable bonds is 11. The highest BCUT2D eigenvalue weighted by atomic mass is 35.5. The number of aliphatic hydroxyl groups is 1. The molecule has 1 amide bonds. The fraction of sp³-hybridized carbons (Fsp3) is 0.294. The van der Waals surface area contributed by atoms with Crippen LogP contribution in [0, 0.1) is 6.92 Å². The normalized spacial score (nSPS) is 18.3. The summed E-state index contributed by atoms with van der Waals surface area (Å²) < 4.78 is 17.2. The predicted octanol–water partition coefficient (Wildman–Crippen LogP) is 5.92. The van der Waals surface area contributed by atoms with Crippen molar-refractivity contribution in [2.24, 2.45) is 0 Å². The average Bonchev–Trinajstić information content (AvgIpc) is 3.26. The number of aliphatic hydroxyl groups excluding tert-OH is 1. The molecule has 9 heteroatoms. The Kier molecular flexibility index (Phi) is 11.0. The number of aryl methyl sites for hydroxylation is 1. The zero-order chi connectivity index (χ0) is 29.5. The van der Waals surface area contributed by atoms with Crippen molar-refractivity contribution in [3.8, 4) is 17.2 Å². The average molecular weight is 605 g/mol. The molecule has 1 atom stereocenters. The predicted molar refractivity (Wildman–Crippen MR) is 168 cm³/mol. The number of hydrogen-bond donors (Lipinski definition) is 1. The lowest BCUT2D eigenvalue weighted by atomic mass is 9.94. The van der Waals surface area contributed by atoms with Crippen LogP contribution >= 0.6 is 12.4 Å². The van der Waals surface area contributed by atoms with Gasteiger partial charge in [-0.05, 0) is 66.9 Å². The molecule has 2 saturated heterocycles. The van der Waals surface area contributed by atoms with E-state index in [-0.39, 0.29) is 23.7 Å². The number of Topliss-reactive ketones (excluding diaryl/α,β-unsaturated/α-hetero) is 1. The molecular weight excluding hydrogens is 568 g/mol. The maximum atomic E-state index is 13.5. The molecule has 226 valence electrons. The molecule has 0 bridgehead atoms. The molecule has 1 unspecified atom stereocenters. The highest BCUT2D eigenvalue weighted by Crippen LogP contribution is 2.41. The van der Waals surface area contributed by atoms with Gasteiger partial charge in [0.25, 0.3) is 11.7 Å². The second-order valence-electron chi connectivity index (χ2n) is 10.4. The first-order valence-corrected chi connectivity index (χ1v) is 14.2. The van der Waals surface area contributed by atoms with Crippen molar-refractivity contribution < 1.29 is 28.9 Å². The number of benzene rings is 3. The Bertz CT molecular complexity index is 1470. The second-order valence-corrected chi connectivity index (χ2v) is 10.4. The molecule has 8 nitrogen and oxygen atoms in total. The third kappa shape index (κ3) is 7.46. The highest BCUT2D eigenvalue weighted by Gasteiger charge is 2.46. The first-order valence-electron chi connectivity index (χ1n) is 14.2. The van der Waals surface area contributed by atoms with Crippen LogP contribution in [0.2, 0.25) is 0 Å². The fourth-order valence-corrected chi connectivity index (χ4v) is 5.38. The molecule has 0 aliphatic carbocycles. The van der Waals surface area contributed by atoms with E-state index in [0.29, 0.717) is 61.2 Å². The van der Waals surface area contributed by atoms with Crippen LogP contribution in [0.25, 0.3) is 5.76 Å². The van der Waals surface area contributed by atoms with Gasteiger partial charge in [0.15, 0.2) is 0 Å². The second kappa shape index (κ2) is 14.9. The summed E-state index contributed by atoms with van der Waals surface area (Å²) in [5.41, 5.74) is 1.96. The van der Waals surface area contributed by atoms with Gasteiger partial charge >= 0.3 is 0 Å². The Balaban J connectivity index is 0.00000423. The van der Waals surface area contributed by atoms with Gasteiger partial charge in [0, 0.05) is 31.7 Å². The topological polar surface area (TPSA) is 88.5 Å². The van der Waals surface area contributed by atoms with Crippen LogP contribution in [-0.4, -0.2) is 72.6 Å². The monoisotopic (exact) mass is 604 g/mol. The van der Waals surface area contributed by atoms with E-state index in [0.717, 1.165) is 25.2 Å². The highest BCUT2D eigenvalue weighted by molar-refractivity contribution is 6.46. The molecule has 43 heavy (non-hydrogen) atoms. The van der Waals surface area contributed by atoms with E-state index in [4.69, 9.17) is 14.2 Å². The summed E-state index contributed by atoms with van der Waals surface area (Å²) in [6, 6.07) is 21.2. The third-order valence-electron chi connectivity index (χ3n) is 7.47. The van der Waals surface area contributed by atoms with E-state index in [2.05, 4.69) is 11.5 Å². The maximum Gasteiger partial charge on any atom is 0.295 e. The van der Waals surface area contributed by atoms with Crippen molar-refractivity contribution in [2.45, 2.75) is 19.4 Å². The van der Waals surface area contributed by atoms with Crippen LogP contribution < -0.4 is 9.47 Å². The number of morpholine rings is 1. The first-order chi connectivity index (χ1) is 20.5. The van der Waals surface area contributed by atoms with E-state index in [1.807, 2.05) is 61.5 Å². The molecule has 1 N–H and O–H groups in total. The molecule has 5 rings (SSSR count). The van der Waals surface area contributed by atoms with Crippen molar-refractivity contribution in [1.82, 2.24) is 9.80 Å². The van der Waals surface area contributed by atoms with Gasteiger partial charge in [0.05, 0.1) is 24.8 Å². The van der Waals surface area contributed by atoms with Crippen LogP contribution in [0.3, 0.4) is 0 Å². The van der Waals surface area contributed by atoms with Crippen LogP contribution in [0.5, 0.6) is 17.2 Å². The van der Waals surface area contributed by atoms with E-state index in [9.17, 15) is 14.7 Å². The summed E-state index contributed by atoms with van der Waals surface area (Å²) in [5.74, 6) is 0.336. The van der Waals surface area contributed by atoms with Crippen LogP contribution in [-0.2, 0) is 14.3 Å². The SMILES string of the molecule is C=CCOc1ccc(/C(O)=C2\C(=O)C(=O)N(CCCN3CCOCC3)C2c2cccc(Oc3ccccc3)c2)cc1C.Cl. The quantitative estimate of drug-likeness (QED) is 0.126. The Morgan fingerprint density at radius 1 is 1.00 bits per heavy atom. The molecule has 3 aromatic rings. The lowest BCUT2D eigenvalue weighted by Gasteiger charge is -2.29. The summed E-state index contributed by atoms with van der Waals surface area (Å²) in [6.07, 6.45) is 2.34.